The Morgan fingerprint density at radius 3 is 0.750 bits per heavy atom. The van der Waals surface area contributed by atoms with Crippen LogP contribution < -0.4 is 27.4 Å². The van der Waals surface area contributed by atoms with Crippen LogP contribution in [0.4, 0.5) is 0 Å². The molecule has 0 bridgehead atoms. The van der Waals surface area contributed by atoms with Crippen molar-refractivity contribution in [2.45, 2.75) is 125 Å². The lowest BCUT2D eigenvalue weighted by Crippen LogP contribution is -2.31. The number of nitrogens with zero attached hydrogens (tertiary/aromatic N) is 6. The van der Waals surface area contributed by atoms with Crippen LogP contribution in [0.2, 0.25) is 0 Å². The van der Waals surface area contributed by atoms with E-state index in [1.54, 1.807) is 0 Å². The highest BCUT2D eigenvalue weighted by molar-refractivity contribution is 5.69. The number of aromatic nitrogens is 6. The molecule has 0 unspecified atom stereocenters. The minimum Gasteiger partial charge on any atom is -0.201 e. The summed E-state index contributed by atoms with van der Waals surface area (Å²) in [6.45, 7) is 38.9. The van der Waals surface area contributed by atoms with Gasteiger partial charge >= 0.3 is 0 Å². The Bertz CT molecular complexity index is 4260. The van der Waals surface area contributed by atoms with E-state index in [0.717, 1.165) is 0 Å². The summed E-state index contributed by atoms with van der Waals surface area (Å²) in [6.07, 6.45) is 12.7. The van der Waals surface area contributed by atoms with Crippen LogP contribution in [0.15, 0.2) is 219 Å². The van der Waals surface area contributed by atoms with E-state index in [2.05, 4.69) is 413 Å². The smallest absolute Gasteiger partial charge is 0.201 e. The third-order valence-electron chi connectivity index (χ3n) is 18.5. The first-order valence-corrected chi connectivity index (χ1v) is 33.7. The van der Waals surface area contributed by atoms with E-state index in [-0.39, 0.29) is 0 Å². The Labute approximate surface area is 577 Å². The van der Waals surface area contributed by atoms with Gasteiger partial charge in [0.25, 0.3) is 0 Å². The van der Waals surface area contributed by atoms with E-state index in [1.807, 2.05) is 0 Å². The Morgan fingerprint density at radius 2 is 0.438 bits per heavy atom. The minimum absolute atomic E-state index is 1.28. The van der Waals surface area contributed by atoms with Gasteiger partial charge in [0.2, 0.25) is 34.2 Å². The van der Waals surface area contributed by atoms with Gasteiger partial charge in [-0.1, -0.05) is 108 Å². The van der Waals surface area contributed by atoms with E-state index in [4.69, 9.17) is 0 Å². The van der Waals surface area contributed by atoms with Crippen molar-refractivity contribution in [3.05, 3.63) is 319 Å². The van der Waals surface area contributed by atoms with Gasteiger partial charge in [0, 0.05) is 94.0 Å². The number of benzene rings is 6. The van der Waals surface area contributed by atoms with Crippen LogP contribution in [0.5, 0.6) is 0 Å². The molecule has 0 fully saturated rings. The molecule has 0 spiro atoms. The van der Waals surface area contributed by atoms with Gasteiger partial charge < -0.3 is 0 Å². The number of pyridine rings is 6. The van der Waals surface area contributed by atoms with Gasteiger partial charge in [0.15, 0.2) is 37.2 Å². The van der Waals surface area contributed by atoms with Gasteiger partial charge in [-0.05, 0) is 227 Å². The molecular weight excluding hydrogens is 1170 g/mol. The van der Waals surface area contributed by atoms with Gasteiger partial charge in [0.1, 0.15) is 42.3 Å². The monoisotopic (exact) mass is 1270 g/mol. The number of aryl methyl sites for hydroxylation is 22. The Morgan fingerprint density at radius 1 is 0.188 bits per heavy atom. The van der Waals surface area contributed by atoms with Gasteiger partial charge in [-0.2, -0.15) is 0 Å². The summed E-state index contributed by atoms with van der Waals surface area (Å²) in [7, 11) is 12.6. The van der Waals surface area contributed by atoms with Crippen LogP contribution in [-0.4, -0.2) is 0 Å². The van der Waals surface area contributed by atoms with E-state index < -0.39 is 0 Å². The average Bonchev–Trinajstić information content (AvgIpc) is 0.860. The van der Waals surface area contributed by atoms with E-state index in [9.17, 15) is 0 Å². The molecule has 0 radical (unpaired) electrons. The third-order valence-corrected chi connectivity index (χ3v) is 18.5. The normalized spacial score (nSPS) is 10.5. The van der Waals surface area contributed by atoms with Crippen molar-refractivity contribution in [2.24, 2.45) is 42.3 Å². The quantitative estimate of drug-likeness (QED) is 0.148. The number of hydrogen-bond acceptors (Lipinski definition) is 0. The van der Waals surface area contributed by atoms with Gasteiger partial charge in [-0.3, -0.25) is 0 Å². The zero-order valence-corrected chi connectivity index (χ0v) is 62.5. The fraction of sp³-hybridized carbons (Fsp3) is 0.267. The molecule has 0 aliphatic rings. The second-order valence-electron chi connectivity index (χ2n) is 26.8. The standard InChI is InChI=1S/6C15H18N/c2*1-11-5-6-13(3)14(9-11)15-10-12(2)7-8-16(15)4;2*1-11-8-9-16(4)14(10-11)15-12(2)6-5-7-13(15)3;2*1-11-9-10-16(4)15(13(11)3)14-8-6-5-7-12(14)2/h6*5-10H,1-4H3/q6*+1. The van der Waals surface area contributed by atoms with Crippen molar-refractivity contribution < 1.29 is 27.4 Å². The van der Waals surface area contributed by atoms with Gasteiger partial charge in [-0.25, -0.2) is 27.4 Å². The highest BCUT2D eigenvalue weighted by Crippen LogP contribution is 2.29. The molecule has 0 atom stereocenters. The molecule has 492 valence electrons. The summed E-state index contributed by atoms with van der Waals surface area (Å²) in [6, 6.07) is 65.0. The van der Waals surface area contributed by atoms with Gasteiger partial charge in [0.05, 0.1) is 11.1 Å². The van der Waals surface area contributed by atoms with E-state index >= 15 is 0 Å². The molecule has 6 aromatic heterocycles. The molecule has 0 N–H and O–H groups in total. The van der Waals surface area contributed by atoms with Crippen LogP contribution in [0.25, 0.3) is 67.5 Å². The van der Waals surface area contributed by atoms with Crippen molar-refractivity contribution in [1.29, 1.82) is 0 Å². The molecule has 0 amide bonds. The number of hydrogen-bond donors (Lipinski definition) is 0. The Kier molecular flexibility index (Phi) is 25.7. The average molecular weight is 1270 g/mol. The largest absolute Gasteiger partial charge is 0.215 e. The predicted molar refractivity (Wildman–Crippen MR) is 404 cm³/mol. The maximum absolute atomic E-state index is 2.25. The summed E-state index contributed by atoms with van der Waals surface area (Å²) < 4.78 is 13.1. The van der Waals surface area contributed by atoms with Crippen molar-refractivity contribution in [3.8, 4) is 67.5 Å². The molecule has 96 heavy (non-hydrogen) atoms. The maximum Gasteiger partial charge on any atom is 0.215 e. The third kappa shape index (κ3) is 18.8. The summed E-state index contributed by atoms with van der Waals surface area (Å²) in [5, 5.41) is 0. The summed E-state index contributed by atoms with van der Waals surface area (Å²) >= 11 is 0. The lowest BCUT2D eigenvalue weighted by atomic mass is 9.98. The van der Waals surface area contributed by atoms with E-state index in [0.29, 0.717) is 0 Å². The lowest BCUT2D eigenvalue weighted by Gasteiger charge is -2.08. The molecule has 0 saturated heterocycles. The van der Waals surface area contributed by atoms with Crippen molar-refractivity contribution in [1.82, 2.24) is 0 Å². The zero-order chi connectivity index (χ0) is 70.2. The molecule has 12 rings (SSSR count). The van der Waals surface area contributed by atoms with Crippen LogP contribution in [0, 0.1) is 125 Å². The fourth-order valence-corrected chi connectivity index (χ4v) is 12.4. The molecule has 6 heteroatoms. The predicted octanol–water partition coefficient (Wildman–Crippen LogP) is 18.6. The second kappa shape index (κ2) is 33.6. The molecule has 0 aliphatic carbocycles. The highest BCUT2D eigenvalue weighted by Gasteiger charge is 2.20. The molecule has 0 saturated carbocycles. The molecule has 6 heterocycles. The summed E-state index contributed by atoms with van der Waals surface area (Å²) in [5.74, 6) is 0. The Hall–Kier alpha value is -9.78. The van der Waals surface area contributed by atoms with Crippen molar-refractivity contribution in [3.63, 3.8) is 0 Å². The van der Waals surface area contributed by atoms with Crippen molar-refractivity contribution in [2.75, 3.05) is 0 Å². The Balaban J connectivity index is 0.000000163. The first-order valence-electron chi connectivity index (χ1n) is 33.7. The molecule has 0 aliphatic heterocycles. The van der Waals surface area contributed by atoms with Crippen molar-refractivity contribution >= 4 is 0 Å². The summed E-state index contributed by atoms with van der Waals surface area (Å²) in [4.78, 5) is 0. The second-order valence-corrected chi connectivity index (χ2v) is 26.8. The molecule has 12 aromatic rings. The topological polar surface area (TPSA) is 23.3 Å². The fourth-order valence-electron chi connectivity index (χ4n) is 12.4. The SMILES string of the molecule is Cc1cc[n+](C)c(-c2c(C)cccc2C)c1.Cc1cc[n+](C)c(-c2c(C)cccc2C)c1.Cc1ccc(C)c(-c2cc(C)cc[n+]2C)c1.Cc1ccc(C)c(-c2cc(C)cc[n+]2C)c1.Cc1ccccc1-c1c(C)c(C)cc[n+]1C.Cc1ccccc1-c1c(C)c(C)cc[n+]1C. The zero-order valence-electron chi connectivity index (χ0n) is 62.5. The maximum atomic E-state index is 2.25. The van der Waals surface area contributed by atoms with Crippen LogP contribution in [0.1, 0.15) is 100 Å². The highest BCUT2D eigenvalue weighted by atomic mass is 14.9. The summed E-state index contributed by atoms with van der Waals surface area (Å²) in [5.41, 5.74) is 39.6. The molecule has 6 nitrogen and oxygen atoms in total. The van der Waals surface area contributed by atoms with Gasteiger partial charge in [-0.15, -0.1) is 0 Å². The van der Waals surface area contributed by atoms with Crippen LogP contribution in [0.3, 0.4) is 0 Å². The van der Waals surface area contributed by atoms with Crippen LogP contribution in [-0.2, 0) is 42.3 Å². The number of rotatable bonds is 6. The minimum atomic E-state index is 1.28. The first-order chi connectivity index (χ1) is 45.6. The lowest BCUT2D eigenvalue weighted by molar-refractivity contribution is -0.660. The first kappa shape index (κ1) is 73.6. The molecular formula is C90H108N6+6. The molecule has 6 aromatic carbocycles. The van der Waals surface area contributed by atoms with E-state index in [1.165, 1.54) is 168 Å². The van der Waals surface area contributed by atoms with Crippen LogP contribution >= 0.6 is 0 Å².